The first kappa shape index (κ1) is 15.4. The minimum Gasteiger partial charge on any atom is -0.373 e. The van der Waals surface area contributed by atoms with Gasteiger partial charge in [0.25, 0.3) is 10.2 Å². The molecule has 0 spiro atoms. The van der Waals surface area contributed by atoms with Crippen LogP contribution in [0.4, 0.5) is 0 Å². The summed E-state index contributed by atoms with van der Waals surface area (Å²) < 4.78 is 33.6. The van der Waals surface area contributed by atoms with Gasteiger partial charge in [0.15, 0.2) is 0 Å². The maximum absolute atomic E-state index is 12.6. The summed E-state index contributed by atoms with van der Waals surface area (Å²) in [5, 5.41) is 0. The molecule has 0 aliphatic carbocycles. The molecule has 0 unspecified atom stereocenters. The van der Waals surface area contributed by atoms with Gasteiger partial charge in [-0.2, -0.15) is 17.0 Å². The van der Waals surface area contributed by atoms with Crippen molar-refractivity contribution >= 4 is 10.2 Å². The van der Waals surface area contributed by atoms with Crippen molar-refractivity contribution in [2.75, 3.05) is 20.1 Å². The van der Waals surface area contributed by atoms with Crippen LogP contribution in [0.3, 0.4) is 0 Å². The first-order valence-corrected chi connectivity index (χ1v) is 8.05. The fraction of sp³-hybridized carbons (Fsp3) is 0.615. The van der Waals surface area contributed by atoms with Crippen molar-refractivity contribution in [3.63, 3.8) is 0 Å². The average molecular weight is 299 g/mol. The van der Waals surface area contributed by atoms with Crippen molar-refractivity contribution in [2.45, 2.75) is 32.6 Å². The Morgan fingerprint density at radius 1 is 1.30 bits per heavy atom. The molecule has 2 atom stereocenters. The van der Waals surface area contributed by atoms with E-state index in [0.29, 0.717) is 19.6 Å². The van der Waals surface area contributed by atoms with Gasteiger partial charge >= 0.3 is 0 Å². The number of morpholine rings is 1. The second-order valence-electron chi connectivity index (χ2n) is 5.19. The lowest BCUT2D eigenvalue weighted by molar-refractivity contribution is -0.0453. The Balaban J connectivity index is 2.09. The molecular formula is C13H21N3O3S. The van der Waals surface area contributed by atoms with E-state index in [1.165, 1.54) is 8.61 Å². The molecule has 0 aromatic carbocycles. The number of hydrogen-bond acceptors (Lipinski definition) is 4. The van der Waals surface area contributed by atoms with E-state index in [1.54, 1.807) is 19.4 Å². The van der Waals surface area contributed by atoms with Crippen LogP contribution >= 0.6 is 0 Å². The zero-order valence-corrected chi connectivity index (χ0v) is 12.9. The summed E-state index contributed by atoms with van der Waals surface area (Å²) in [7, 11) is -1.86. The molecule has 7 heteroatoms. The Bertz CT molecular complexity index is 525. The van der Waals surface area contributed by atoms with Gasteiger partial charge < -0.3 is 4.74 Å². The summed E-state index contributed by atoms with van der Waals surface area (Å²) in [5.41, 5.74) is 0.917. The Labute approximate surface area is 120 Å². The Morgan fingerprint density at radius 3 is 2.40 bits per heavy atom. The van der Waals surface area contributed by atoms with Crippen molar-refractivity contribution in [1.29, 1.82) is 0 Å². The van der Waals surface area contributed by atoms with Gasteiger partial charge in [-0.3, -0.25) is 4.98 Å². The molecule has 0 amide bonds. The molecule has 1 aliphatic heterocycles. The molecule has 1 aliphatic rings. The third-order valence-electron chi connectivity index (χ3n) is 3.26. The highest BCUT2D eigenvalue weighted by atomic mass is 32.2. The van der Waals surface area contributed by atoms with Crippen LogP contribution in [0, 0.1) is 0 Å². The first-order chi connectivity index (χ1) is 9.39. The molecule has 1 aromatic rings. The van der Waals surface area contributed by atoms with E-state index in [1.807, 2.05) is 26.0 Å². The molecule has 20 heavy (non-hydrogen) atoms. The van der Waals surface area contributed by atoms with Crippen LogP contribution in [0.15, 0.2) is 24.5 Å². The topological polar surface area (TPSA) is 62.7 Å². The molecule has 1 aromatic heterocycles. The van der Waals surface area contributed by atoms with Crippen LogP contribution in [0.1, 0.15) is 19.4 Å². The van der Waals surface area contributed by atoms with Crippen LogP contribution < -0.4 is 0 Å². The van der Waals surface area contributed by atoms with Gasteiger partial charge in [0.2, 0.25) is 0 Å². The average Bonchev–Trinajstić information content (AvgIpc) is 2.38. The van der Waals surface area contributed by atoms with Crippen molar-refractivity contribution in [3.05, 3.63) is 30.1 Å². The fourth-order valence-electron chi connectivity index (χ4n) is 2.34. The number of hydrogen-bond donors (Lipinski definition) is 0. The van der Waals surface area contributed by atoms with E-state index >= 15 is 0 Å². The highest BCUT2D eigenvalue weighted by Gasteiger charge is 2.33. The van der Waals surface area contributed by atoms with Gasteiger partial charge in [-0.05, 0) is 31.5 Å². The second-order valence-corrected chi connectivity index (χ2v) is 7.23. The zero-order chi connectivity index (χ0) is 14.8. The van der Waals surface area contributed by atoms with Gasteiger partial charge in [0.05, 0.1) is 12.2 Å². The third-order valence-corrected chi connectivity index (χ3v) is 5.13. The van der Waals surface area contributed by atoms with Crippen molar-refractivity contribution in [1.82, 2.24) is 13.6 Å². The third kappa shape index (κ3) is 3.54. The maximum Gasteiger partial charge on any atom is 0.282 e. The van der Waals surface area contributed by atoms with E-state index in [0.717, 1.165) is 5.56 Å². The van der Waals surface area contributed by atoms with E-state index < -0.39 is 10.2 Å². The van der Waals surface area contributed by atoms with Crippen molar-refractivity contribution in [3.8, 4) is 0 Å². The van der Waals surface area contributed by atoms with Gasteiger partial charge in [0, 0.05) is 39.1 Å². The predicted octanol–water partition coefficient (Wildman–Crippen LogP) is 0.867. The molecule has 6 nitrogen and oxygen atoms in total. The van der Waals surface area contributed by atoms with E-state index in [4.69, 9.17) is 4.74 Å². The van der Waals surface area contributed by atoms with Crippen LogP contribution in [0.5, 0.6) is 0 Å². The summed E-state index contributed by atoms with van der Waals surface area (Å²) in [6, 6.07) is 3.63. The lowest BCUT2D eigenvalue weighted by Crippen LogP contribution is -2.52. The second kappa shape index (κ2) is 6.17. The van der Waals surface area contributed by atoms with Crippen LogP contribution in [0.2, 0.25) is 0 Å². The lowest BCUT2D eigenvalue weighted by Gasteiger charge is -2.36. The minimum absolute atomic E-state index is 0.0807. The number of pyridine rings is 1. The molecule has 1 fully saturated rings. The lowest BCUT2D eigenvalue weighted by atomic mass is 10.3. The molecule has 1 saturated heterocycles. The van der Waals surface area contributed by atoms with E-state index in [-0.39, 0.29) is 12.2 Å². The summed E-state index contributed by atoms with van der Waals surface area (Å²) in [4.78, 5) is 3.93. The van der Waals surface area contributed by atoms with Gasteiger partial charge in [-0.15, -0.1) is 0 Å². The van der Waals surface area contributed by atoms with Crippen LogP contribution in [0.25, 0.3) is 0 Å². The minimum atomic E-state index is -3.46. The van der Waals surface area contributed by atoms with E-state index in [9.17, 15) is 8.42 Å². The van der Waals surface area contributed by atoms with Gasteiger partial charge in [-0.25, -0.2) is 0 Å². The summed E-state index contributed by atoms with van der Waals surface area (Å²) >= 11 is 0. The standard InChI is InChI=1S/C13H21N3O3S/c1-11-8-16(9-12(2)19-11)20(17,18)15(3)10-13-4-6-14-7-5-13/h4-7,11-12H,8-10H2,1-3H3/t11-,12-/m1/s1. The Morgan fingerprint density at radius 2 is 1.85 bits per heavy atom. The summed E-state index contributed by atoms with van der Waals surface area (Å²) in [6.07, 6.45) is 3.16. The molecule has 2 heterocycles. The molecule has 112 valence electrons. The van der Waals surface area contributed by atoms with E-state index in [2.05, 4.69) is 4.98 Å². The van der Waals surface area contributed by atoms with Crippen LogP contribution in [-0.2, 0) is 21.5 Å². The Kier molecular flexibility index (Phi) is 4.74. The van der Waals surface area contributed by atoms with Crippen LogP contribution in [-0.4, -0.2) is 54.4 Å². The molecule has 0 saturated carbocycles. The normalized spacial score (nSPS) is 25.0. The quantitative estimate of drug-likeness (QED) is 0.827. The van der Waals surface area contributed by atoms with Crippen molar-refractivity contribution in [2.24, 2.45) is 0 Å². The first-order valence-electron chi connectivity index (χ1n) is 6.65. The number of ether oxygens (including phenoxy) is 1. The largest absolute Gasteiger partial charge is 0.373 e. The zero-order valence-electron chi connectivity index (χ0n) is 12.1. The summed E-state index contributed by atoms with van der Waals surface area (Å²) in [5.74, 6) is 0. The number of rotatable bonds is 4. The monoisotopic (exact) mass is 299 g/mol. The maximum atomic E-state index is 12.6. The van der Waals surface area contributed by atoms with Crippen molar-refractivity contribution < 1.29 is 13.2 Å². The highest BCUT2D eigenvalue weighted by molar-refractivity contribution is 7.86. The number of aromatic nitrogens is 1. The fourth-order valence-corrected chi connectivity index (χ4v) is 3.85. The number of nitrogens with zero attached hydrogens (tertiary/aromatic N) is 3. The van der Waals surface area contributed by atoms with Gasteiger partial charge in [-0.1, -0.05) is 0 Å². The Hall–Kier alpha value is -1.02. The molecule has 0 radical (unpaired) electrons. The highest BCUT2D eigenvalue weighted by Crippen LogP contribution is 2.17. The predicted molar refractivity (Wildman–Crippen MR) is 76.2 cm³/mol. The molecule has 2 rings (SSSR count). The smallest absolute Gasteiger partial charge is 0.282 e. The summed E-state index contributed by atoms with van der Waals surface area (Å²) in [6.45, 7) is 4.91. The SMILES string of the molecule is C[C@@H]1CN(S(=O)(=O)N(C)Cc2ccncc2)C[C@@H](C)O1. The molecule has 0 N–H and O–H groups in total. The molecule has 0 bridgehead atoms. The van der Waals surface area contributed by atoms with Gasteiger partial charge in [0.1, 0.15) is 0 Å². The molecular weight excluding hydrogens is 278 g/mol.